The van der Waals surface area contributed by atoms with Crippen molar-refractivity contribution in [2.24, 2.45) is 5.73 Å². The summed E-state index contributed by atoms with van der Waals surface area (Å²) in [6.45, 7) is 5.97. The fourth-order valence-electron chi connectivity index (χ4n) is 4.72. The SMILES string of the molecule is CCCCNC(=O)Nc1cc(C(N)=O)ccc1N1CCN(C(c2ccccc2)c2ccccc2)CC1. The normalized spacial score (nSPS) is 14.0. The van der Waals surface area contributed by atoms with Gasteiger partial charge in [0.15, 0.2) is 0 Å². The molecule has 1 heterocycles. The zero-order valence-electron chi connectivity index (χ0n) is 20.8. The summed E-state index contributed by atoms with van der Waals surface area (Å²) >= 11 is 0. The Balaban J connectivity index is 1.52. The highest BCUT2D eigenvalue weighted by molar-refractivity contribution is 5.98. The minimum Gasteiger partial charge on any atom is -0.367 e. The number of urea groups is 1. The van der Waals surface area contributed by atoms with Crippen LogP contribution in [0, 0.1) is 0 Å². The molecule has 3 aromatic carbocycles. The van der Waals surface area contributed by atoms with E-state index in [-0.39, 0.29) is 12.1 Å². The van der Waals surface area contributed by atoms with Crippen LogP contribution in [0.15, 0.2) is 78.9 Å². The molecule has 1 aliphatic rings. The molecule has 4 N–H and O–H groups in total. The average molecular weight is 486 g/mol. The molecule has 0 aliphatic carbocycles. The van der Waals surface area contributed by atoms with Gasteiger partial charge in [-0.3, -0.25) is 9.69 Å². The topological polar surface area (TPSA) is 90.7 Å². The van der Waals surface area contributed by atoms with Crippen LogP contribution < -0.4 is 21.3 Å². The number of nitrogens with zero attached hydrogens (tertiary/aromatic N) is 2. The third kappa shape index (κ3) is 6.23. The number of hydrogen-bond donors (Lipinski definition) is 3. The molecule has 7 heteroatoms. The summed E-state index contributed by atoms with van der Waals surface area (Å²) in [5.74, 6) is -0.519. The second-order valence-electron chi connectivity index (χ2n) is 9.08. The van der Waals surface area contributed by atoms with Gasteiger partial charge < -0.3 is 21.3 Å². The van der Waals surface area contributed by atoms with Crippen molar-refractivity contribution in [3.63, 3.8) is 0 Å². The Labute approximate surface area is 213 Å². The molecule has 0 saturated carbocycles. The smallest absolute Gasteiger partial charge is 0.319 e. The minimum absolute atomic E-state index is 0.175. The standard InChI is InChI=1S/C29H35N5O2/c1-2-3-16-31-29(36)32-25-21-24(28(30)35)14-15-26(25)33-17-19-34(20-18-33)27(22-10-6-4-7-11-22)23-12-8-5-9-13-23/h4-15,21,27H,2-3,16-20H2,1H3,(H2,30,35)(H2,31,32,36). The van der Waals surface area contributed by atoms with Crippen LogP contribution in [0.4, 0.5) is 16.2 Å². The third-order valence-corrected chi connectivity index (χ3v) is 6.60. The van der Waals surface area contributed by atoms with E-state index in [4.69, 9.17) is 5.73 Å². The van der Waals surface area contributed by atoms with Crippen molar-refractivity contribution in [1.82, 2.24) is 10.2 Å². The Kier molecular flexibility index (Phi) is 8.57. The number of hydrogen-bond acceptors (Lipinski definition) is 4. The number of unbranched alkanes of at least 4 members (excludes halogenated alkanes) is 1. The first-order valence-corrected chi connectivity index (χ1v) is 12.6. The molecule has 3 amide bonds. The average Bonchev–Trinajstić information content (AvgIpc) is 2.91. The van der Waals surface area contributed by atoms with Gasteiger partial charge in [0, 0.05) is 38.3 Å². The minimum atomic E-state index is -0.519. The lowest BCUT2D eigenvalue weighted by molar-refractivity contribution is 0.1000. The summed E-state index contributed by atoms with van der Waals surface area (Å²) in [6.07, 6.45) is 1.91. The van der Waals surface area contributed by atoms with Crippen molar-refractivity contribution >= 4 is 23.3 Å². The highest BCUT2D eigenvalue weighted by Gasteiger charge is 2.27. The highest BCUT2D eigenvalue weighted by atomic mass is 16.2. The van der Waals surface area contributed by atoms with Crippen LogP contribution in [0.3, 0.4) is 0 Å². The largest absolute Gasteiger partial charge is 0.367 e. The lowest BCUT2D eigenvalue weighted by Crippen LogP contribution is -2.48. The molecule has 0 atom stereocenters. The summed E-state index contributed by atoms with van der Waals surface area (Å²) < 4.78 is 0. The van der Waals surface area contributed by atoms with E-state index in [1.165, 1.54) is 11.1 Å². The number of amides is 3. The Bertz CT molecular complexity index is 1110. The van der Waals surface area contributed by atoms with E-state index >= 15 is 0 Å². The van der Waals surface area contributed by atoms with Crippen LogP contribution in [-0.2, 0) is 0 Å². The molecular weight excluding hydrogens is 450 g/mol. The molecule has 0 aromatic heterocycles. The molecule has 3 aromatic rings. The number of carbonyl (C=O) groups excluding carboxylic acids is 2. The maximum atomic E-state index is 12.5. The lowest BCUT2D eigenvalue weighted by Gasteiger charge is -2.41. The summed E-state index contributed by atoms with van der Waals surface area (Å²) in [5, 5.41) is 5.81. The fourth-order valence-corrected chi connectivity index (χ4v) is 4.72. The fraction of sp³-hybridized carbons (Fsp3) is 0.310. The van der Waals surface area contributed by atoms with Gasteiger partial charge in [0.05, 0.1) is 17.4 Å². The molecule has 0 unspecified atom stereocenters. The predicted octanol–water partition coefficient (Wildman–Crippen LogP) is 4.62. The molecule has 0 bridgehead atoms. The van der Waals surface area contributed by atoms with Crippen molar-refractivity contribution in [2.45, 2.75) is 25.8 Å². The van der Waals surface area contributed by atoms with Crippen molar-refractivity contribution in [3.05, 3.63) is 95.6 Å². The zero-order valence-corrected chi connectivity index (χ0v) is 20.8. The number of rotatable bonds is 9. The first-order chi connectivity index (χ1) is 17.6. The van der Waals surface area contributed by atoms with E-state index in [1.807, 2.05) is 18.2 Å². The molecule has 4 rings (SSSR count). The van der Waals surface area contributed by atoms with Crippen LogP contribution in [0.5, 0.6) is 0 Å². The van der Waals surface area contributed by atoms with E-state index in [0.29, 0.717) is 17.8 Å². The second kappa shape index (κ2) is 12.2. The van der Waals surface area contributed by atoms with Crippen LogP contribution in [0.2, 0.25) is 0 Å². The molecule has 1 aliphatic heterocycles. The monoisotopic (exact) mass is 485 g/mol. The van der Waals surface area contributed by atoms with Crippen LogP contribution in [0.25, 0.3) is 0 Å². The van der Waals surface area contributed by atoms with Crippen molar-refractivity contribution in [3.8, 4) is 0 Å². The maximum absolute atomic E-state index is 12.5. The highest BCUT2D eigenvalue weighted by Crippen LogP contribution is 2.32. The van der Waals surface area contributed by atoms with Crippen molar-refractivity contribution < 1.29 is 9.59 Å². The second-order valence-corrected chi connectivity index (χ2v) is 9.08. The van der Waals surface area contributed by atoms with E-state index in [1.54, 1.807) is 12.1 Å². The van der Waals surface area contributed by atoms with Gasteiger partial charge in [0.2, 0.25) is 5.91 Å². The number of nitrogens with one attached hydrogen (secondary N) is 2. The lowest BCUT2D eigenvalue weighted by atomic mass is 9.96. The van der Waals surface area contributed by atoms with Gasteiger partial charge in [-0.25, -0.2) is 4.79 Å². The predicted molar refractivity (Wildman–Crippen MR) is 145 cm³/mol. The summed E-state index contributed by atoms with van der Waals surface area (Å²) in [4.78, 5) is 29.1. The van der Waals surface area contributed by atoms with Crippen molar-refractivity contribution in [2.75, 3.05) is 42.9 Å². The van der Waals surface area contributed by atoms with Crippen LogP contribution in [0.1, 0.15) is 47.3 Å². The molecule has 0 radical (unpaired) electrons. The van der Waals surface area contributed by atoms with Gasteiger partial charge in [-0.1, -0.05) is 74.0 Å². The first-order valence-electron chi connectivity index (χ1n) is 12.6. The van der Waals surface area contributed by atoms with E-state index in [0.717, 1.165) is 44.7 Å². The van der Waals surface area contributed by atoms with Gasteiger partial charge in [-0.15, -0.1) is 0 Å². The Hall–Kier alpha value is -3.84. The number of piperazine rings is 1. The number of carbonyl (C=O) groups is 2. The Morgan fingerprint density at radius 3 is 2.06 bits per heavy atom. The Morgan fingerprint density at radius 2 is 1.50 bits per heavy atom. The number of anilines is 2. The summed E-state index contributed by atoms with van der Waals surface area (Å²) in [5.41, 5.74) is 9.91. The molecule has 188 valence electrons. The van der Waals surface area contributed by atoms with E-state index < -0.39 is 5.91 Å². The van der Waals surface area contributed by atoms with Crippen LogP contribution in [-0.4, -0.2) is 49.6 Å². The third-order valence-electron chi connectivity index (χ3n) is 6.60. The molecule has 1 saturated heterocycles. The maximum Gasteiger partial charge on any atom is 0.319 e. The molecule has 7 nitrogen and oxygen atoms in total. The molecule has 36 heavy (non-hydrogen) atoms. The number of nitrogens with two attached hydrogens (primary N) is 1. The quantitative estimate of drug-likeness (QED) is 0.386. The van der Waals surface area contributed by atoms with Crippen LogP contribution >= 0.6 is 0 Å². The Morgan fingerprint density at radius 1 is 0.889 bits per heavy atom. The van der Waals surface area contributed by atoms with Crippen molar-refractivity contribution in [1.29, 1.82) is 0 Å². The van der Waals surface area contributed by atoms with Gasteiger partial charge in [-0.05, 0) is 35.7 Å². The zero-order chi connectivity index (χ0) is 25.3. The number of primary amides is 1. The molecular formula is C29H35N5O2. The molecule has 1 fully saturated rings. The molecule has 0 spiro atoms. The van der Waals surface area contributed by atoms with Gasteiger partial charge in [0.25, 0.3) is 0 Å². The van der Waals surface area contributed by atoms with E-state index in [9.17, 15) is 9.59 Å². The van der Waals surface area contributed by atoms with Gasteiger partial charge in [0.1, 0.15) is 0 Å². The number of benzene rings is 3. The summed E-state index contributed by atoms with van der Waals surface area (Å²) in [7, 11) is 0. The van der Waals surface area contributed by atoms with Gasteiger partial charge >= 0.3 is 6.03 Å². The first kappa shape index (κ1) is 25.3. The van der Waals surface area contributed by atoms with Gasteiger partial charge in [-0.2, -0.15) is 0 Å². The summed E-state index contributed by atoms with van der Waals surface area (Å²) in [6, 6.07) is 26.4. The van der Waals surface area contributed by atoms with E-state index in [2.05, 4.69) is 75.9 Å².